The van der Waals surface area contributed by atoms with Gasteiger partial charge in [-0.3, -0.25) is 4.99 Å². The lowest BCUT2D eigenvalue weighted by Crippen LogP contribution is -2.09. The van der Waals surface area contributed by atoms with Crippen LogP contribution in [0, 0.1) is 13.8 Å². The molecule has 0 aliphatic rings. The molecule has 0 amide bonds. The van der Waals surface area contributed by atoms with Crippen LogP contribution in [-0.2, 0) is 10.1 Å². The Kier molecular flexibility index (Phi) is 5.19. The second kappa shape index (κ2) is 7.54. The Hall–Kier alpha value is -2.92. The lowest BCUT2D eigenvalue weighted by molar-refractivity contribution is 0.486. The summed E-state index contributed by atoms with van der Waals surface area (Å²) in [6.07, 6.45) is 1.75. The van der Waals surface area contributed by atoms with Crippen LogP contribution in [0.3, 0.4) is 0 Å². The minimum absolute atomic E-state index is 0.126. The van der Waals surface area contributed by atoms with Crippen LogP contribution >= 0.6 is 0 Å². The van der Waals surface area contributed by atoms with E-state index in [1.54, 1.807) is 48.7 Å². The smallest absolute Gasteiger partial charge is 0.339 e. The zero-order valence-corrected chi connectivity index (χ0v) is 15.4. The first-order chi connectivity index (χ1) is 12.4. The van der Waals surface area contributed by atoms with Gasteiger partial charge in [0.05, 0.1) is 5.69 Å². The fourth-order valence-corrected chi connectivity index (χ4v) is 3.33. The molecule has 0 atom stereocenters. The molecule has 3 aromatic carbocycles. The highest BCUT2D eigenvalue weighted by Crippen LogP contribution is 2.21. The van der Waals surface area contributed by atoms with E-state index < -0.39 is 10.1 Å². The Labute approximate surface area is 153 Å². The van der Waals surface area contributed by atoms with Crippen LogP contribution in [0.25, 0.3) is 0 Å². The van der Waals surface area contributed by atoms with Gasteiger partial charge in [-0.15, -0.1) is 0 Å². The van der Waals surface area contributed by atoms with Gasteiger partial charge in [-0.05, 0) is 73.0 Å². The van der Waals surface area contributed by atoms with Gasteiger partial charge in [0.15, 0.2) is 0 Å². The molecule has 5 heteroatoms. The minimum atomic E-state index is -3.83. The second-order valence-corrected chi connectivity index (χ2v) is 7.51. The van der Waals surface area contributed by atoms with E-state index in [0.29, 0.717) is 0 Å². The van der Waals surface area contributed by atoms with Gasteiger partial charge >= 0.3 is 10.1 Å². The molecular formula is C21H19NO3S. The lowest BCUT2D eigenvalue weighted by atomic mass is 10.1. The molecule has 0 spiro atoms. The number of hydrogen-bond acceptors (Lipinski definition) is 4. The average Bonchev–Trinajstić information content (AvgIpc) is 2.64. The average molecular weight is 365 g/mol. The van der Waals surface area contributed by atoms with Crippen LogP contribution in [0.4, 0.5) is 5.69 Å². The predicted octanol–water partition coefficient (Wildman–Crippen LogP) is 4.82. The topological polar surface area (TPSA) is 55.7 Å². The summed E-state index contributed by atoms with van der Waals surface area (Å²) in [4.78, 5) is 4.63. The number of hydrogen-bond donors (Lipinski definition) is 0. The number of aryl methyl sites for hydroxylation is 2. The van der Waals surface area contributed by atoms with Crippen molar-refractivity contribution in [2.75, 3.05) is 0 Å². The molecule has 26 heavy (non-hydrogen) atoms. The predicted molar refractivity (Wildman–Crippen MR) is 104 cm³/mol. The Bertz CT molecular complexity index is 1020. The zero-order valence-electron chi connectivity index (χ0n) is 14.6. The van der Waals surface area contributed by atoms with Gasteiger partial charge < -0.3 is 4.18 Å². The van der Waals surface area contributed by atoms with Gasteiger partial charge in [0, 0.05) is 6.21 Å². The summed E-state index contributed by atoms with van der Waals surface area (Å²) in [6, 6.07) is 20.9. The summed E-state index contributed by atoms with van der Waals surface area (Å²) in [7, 11) is -3.83. The van der Waals surface area contributed by atoms with Crippen molar-refractivity contribution >= 4 is 22.0 Å². The van der Waals surface area contributed by atoms with Gasteiger partial charge in [-0.25, -0.2) is 0 Å². The number of nitrogens with zero attached hydrogens (tertiary/aromatic N) is 1. The SMILES string of the molecule is Cc1ccc(C)c(N=Cc2ccc(OS(=O)(=O)c3ccccc3)cc2)c1. The molecular weight excluding hydrogens is 346 g/mol. The first-order valence-electron chi connectivity index (χ1n) is 8.15. The summed E-state index contributed by atoms with van der Waals surface area (Å²) in [5.74, 6) is 0.262. The molecule has 3 aromatic rings. The summed E-state index contributed by atoms with van der Waals surface area (Å²) in [6.45, 7) is 4.04. The maximum Gasteiger partial charge on any atom is 0.339 e. The lowest BCUT2D eigenvalue weighted by Gasteiger charge is -2.07. The highest BCUT2D eigenvalue weighted by molar-refractivity contribution is 7.87. The molecule has 0 bridgehead atoms. The molecule has 4 nitrogen and oxygen atoms in total. The highest BCUT2D eigenvalue weighted by atomic mass is 32.2. The van der Waals surface area contributed by atoms with Gasteiger partial charge in [0.25, 0.3) is 0 Å². The number of rotatable bonds is 5. The standard InChI is InChI=1S/C21H19NO3S/c1-16-8-9-17(2)21(14-16)22-15-18-10-12-19(13-11-18)25-26(23,24)20-6-4-3-5-7-20/h3-15H,1-2H3. The molecule has 0 radical (unpaired) electrons. The van der Waals surface area contributed by atoms with E-state index in [9.17, 15) is 8.42 Å². The zero-order chi connectivity index (χ0) is 18.6. The summed E-state index contributed by atoms with van der Waals surface area (Å²) in [5.41, 5.74) is 4.02. The molecule has 0 unspecified atom stereocenters. The van der Waals surface area contributed by atoms with E-state index in [1.165, 1.54) is 12.1 Å². The van der Waals surface area contributed by atoms with Crippen molar-refractivity contribution in [2.24, 2.45) is 4.99 Å². The third-order valence-electron chi connectivity index (χ3n) is 3.84. The fraction of sp³-hybridized carbons (Fsp3) is 0.0952. The van der Waals surface area contributed by atoms with Crippen molar-refractivity contribution in [3.8, 4) is 5.75 Å². The molecule has 0 aromatic heterocycles. The summed E-state index contributed by atoms with van der Waals surface area (Å²) < 4.78 is 29.6. The molecule has 0 N–H and O–H groups in total. The molecule has 132 valence electrons. The minimum Gasteiger partial charge on any atom is -0.379 e. The van der Waals surface area contributed by atoms with Crippen molar-refractivity contribution in [1.29, 1.82) is 0 Å². The van der Waals surface area contributed by atoms with Gasteiger partial charge in [-0.1, -0.05) is 30.3 Å². The third kappa shape index (κ3) is 4.37. The molecule has 0 heterocycles. The molecule has 0 fully saturated rings. The second-order valence-electron chi connectivity index (χ2n) is 5.97. The van der Waals surface area contributed by atoms with Crippen LogP contribution in [0.15, 0.2) is 82.7 Å². The van der Waals surface area contributed by atoms with E-state index in [-0.39, 0.29) is 10.6 Å². The van der Waals surface area contributed by atoms with Crippen LogP contribution < -0.4 is 4.18 Å². The monoisotopic (exact) mass is 365 g/mol. The normalized spacial score (nSPS) is 11.6. The van der Waals surface area contributed by atoms with E-state index in [0.717, 1.165) is 22.4 Å². The van der Waals surface area contributed by atoms with Crippen LogP contribution in [-0.4, -0.2) is 14.6 Å². The van der Waals surface area contributed by atoms with Crippen molar-refractivity contribution in [1.82, 2.24) is 0 Å². The Morgan fingerprint density at radius 2 is 1.58 bits per heavy atom. The summed E-state index contributed by atoms with van der Waals surface area (Å²) >= 11 is 0. The largest absolute Gasteiger partial charge is 0.379 e. The third-order valence-corrected chi connectivity index (χ3v) is 5.10. The van der Waals surface area contributed by atoms with Crippen molar-refractivity contribution in [2.45, 2.75) is 18.7 Å². The quantitative estimate of drug-likeness (QED) is 0.481. The van der Waals surface area contributed by atoms with Crippen LogP contribution in [0.5, 0.6) is 5.75 Å². The summed E-state index contributed by atoms with van der Waals surface area (Å²) in [5, 5.41) is 0. The van der Waals surface area contributed by atoms with E-state index in [1.807, 2.05) is 32.0 Å². The highest BCUT2D eigenvalue weighted by Gasteiger charge is 2.15. The first kappa shape index (κ1) is 17.9. The molecule has 0 aliphatic carbocycles. The molecule has 3 rings (SSSR count). The van der Waals surface area contributed by atoms with Crippen molar-refractivity contribution in [3.63, 3.8) is 0 Å². The van der Waals surface area contributed by atoms with E-state index in [2.05, 4.69) is 4.99 Å². The van der Waals surface area contributed by atoms with Crippen LogP contribution in [0.1, 0.15) is 16.7 Å². The van der Waals surface area contributed by atoms with E-state index in [4.69, 9.17) is 4.18 Å². The maximum atomic E-state index is 12.2. The van der Waals surface area contributed by atoms with Gasteiger partial charge in [-0.2, -0.15) is 8.42 Å². The molecule has 0 saturated carbocycles. The first-order valence-corrected chi connectivity index (χ1v) is 9.56. The van der Waals surface area contributed by atoms with Crippen molar-refractivity contribution < 1.29 is 12.6 Å². The van der Waals surface area contributed by atoms with Gasteiger partial charge in [0.2, 0.25) is 0 Å². The maximum absolute atomic E-state index is 12.2. The number of aliphatic imine (C=N–C) groups is 1. The van der Waals surface area contributed by atoms with Crippen LogP contribution in [0.2, 0.25) is 0 Å². The Morgan fingerprint density at radius 1 is 0.885 bits per heavy atom. The fourth-order valence-electron chi connectivity index (χ4n) is 2.37. The van der Waals surface area contributed by atoms with Gasteiger partial charge in [0.1, 0.15) is 10.6 Å². The van der Waals surface area contributed by atoms with E-state index >= 15 is 0 Å². The van der Waals surface area contributed by atoms with Crippen molar-refractivity contribution in [3.05, 3.63) is 89.5 Å². The number of benzene rings is 3. The molecule has 0 saturated heterocycles. The molecule has 0 aliphatic heterocycles. The Morgan fingerprint density at radius 3 is 2.27 bits per heavy atom. The Balaban J connectivity index is 1.75.